The first-order valence-electron chi connectivity index (χ1n) is 8.35. The number of fused-ring (bicyclic) bond motifs is 1. The van der Waals surface area contributed by atoms with Crippen LogP contribution in [0.2, 0.25) is 5.02 Å². The summed E-state index contributed by atoms with van der Waals surface area (Å²) >= 11 is 5.60. The molecule has 1 amide bonds. The summed E-state index contributed by atoms with van der Waals surface area (Å²) in [6.07, 6.45) is -4.75. The topological polar surface area (TPSA) is 120 Å². The molecule has 0 aliphatic heterocycles. The van der Waals surface area contributed by atoms with Crippen LogP contribution in [0, 0.1) is 0 Å². The second kappa shape index (κ2) is 8.11. The molecule has 0 saturated heterocycles. The molecule has 0 spiro atoms. The Balaban J connectivity index is 1.86. The van der Waals surface area contributed by atoms with E-state index in [0.29, 0.717) is 17.1 Å². The molecule has 3 rings (SSSR count). The molecule has 8 nitrogen and oxygen atoms in total. The monoisotopic (exact) mass is 439 g/mol. The number of hydrogen-bond donors (Lipinski definition) is 3. The molecule has 2 aromatic carbocycles. The number of carbonyl (C=O) groups is 2. The molecule has 1 atom stereocenters. The van der Waals surface area contributed by atoms with Crippen molar-refractivity contribution in [2.24, 2.45) is 10.2 Å². The summed E-state index contributed by atoms with van der Waals surface area (Å²) < 4.78 is 39.5. The number of carbonyl (C=O) groups excluding carboxylic acids is 2. The third-order valence-corrected chi connectivity index (χ3v) is 4.20. The van der Waals surface area contributed by atoms with Crippen molar-refractivity contribution in [1.29, 1.82) is 0 Å². The van der Waals surface area contributed by atoms with Gasteiger partial charge in [-0.15, -0.1) is 0 Å². The number of Topliss-reactive ketones (excluding diaryl/α,β-unsaturated/α-hetero) is 1. The third-order valence-electron chi connectivity index (χ3n) is 3.96. The van der Waals surface area contributed by atoms with Gasteiger partial charge in [-0.25, -0.2) is 4.79 Å². The molecule has 0 fully saturated rings. The maximum absolute atomic E-state index is 13.2. The number of amides is 1. The molecule has 1 heterocycles. The third kappa shape index (κ3) is 4.74. The SMILES string of the molecule is CC(=O)[C@H](N=Nc1ccc(Cl)cc1C(F)(F)F)C(=O)Nc1ccc2[nH]c(=O)[nH]c2c1. The van der Waals surface area contributed by atoms with Gasteiger partial charge in [0.15, 0.2) is 5.78 Å². The fourth-order valence-electron chi connectivity index (χ4n) is 2.58. The highest BCUT2D eigenvalue weighted by atomic mass is 35.5. The van der Waals surface area contributed by atoms with Crippen LogP contribution in [-0.4, -0.2) is 27.7 Å². The fourth-order valence-corrected chi connectivity index (χ4v) is 2.75. The normalized spacial score (nSPS) is 13.0. The summed E-state index contributed by atoms with van der Waals surface area (Å²) in [7, 11) is 0. The van der Waals surface area contributed by atoms with Crippen molar-refractivity contribution in [3.8, 4) is 0 Å². The van der Waals surface area contributed by atoms with Gasteiger partial charge in [-0.2, -0.15) is 23.4 Å². The van der Waals surface area contributed by atoms with Crippen LogP contribution in [0.5, 0.6) is 0 Å². The van der Waals surface area contributed by atoms with Crippen molar-refractivity contribution in [1.82, 2.24) is 9.97 Å². The van der Waals surface area contributed by atoms with Gasteiger partial charge in [0.2, 0.25) is 6.04 Å². The van der Waals surface area contributed by atoms with E-state index in [2.05, 4.69) is 25.5 Å². The molecule has 0 aliphatic carbocycles. The van der Waals surface area contributed by atoms with E-state index in [0.717, 1.165) is 13.0 Å². The van der Waals surface area contributed by atoms with Gasteiger partial charge in [0.05, 0.1) is 22.3 Å². The summed E-state index contributed by atoms with van der Waals surface area (Å²) in [5.41, 5.74) is -1.02. The van der Waals surface area contributed by atoms with Crippen LogP contribution in [0.1, 0.15) is 12.5 Å². The Morgan fingerprint density at radius 1 is 1.10 bits per heavy atom. The maximum atomic E-state index is 13.2. The van der Waals surface area contributed by atoms with Gasteiger partial charge >= 0.3 is 11.9 Å². The highest BCUT2D eigenvalue weighted by Gasteiger charge is 2.34. The van der Waals surface area contributed by atoms with E-state index in [-0.39, 0.29) is 10.7 Å². The van der Waals surface area contributed by atoms with Crippen molar-refractivity contribution in [3.05, 3.63) is 57.5 Å². The molecule has 0 unspecified atom stereocenters. The highest BCUT2D eigenvalue weighted by Crippen LogP contribution is 2.38. The number of aromatic amines is 2. The lowest BCUT2D eigenvalue weighted by Gasteiger charge is -2.11. The Hall–Kier alpha value is -3.47. The summed E-state index contributed by atoms with van der Waals surface area (Å²) in [4.78, 5) is 40.6. The van der Waals surface area contributed by atoms with Crippen LogP contribution in [0.4, 0.5) is 24.5 Å². The lowest BCUT2D eigenvalue weighted by atomic mass is 10.1. The van der Waals surface area contributed by atoms with Crippen LogP contribution in [0.15, 0.2) is 51.4 Å². The molecule has 12 heteroatoms. The Morgan fingerprint density at radius 3 is 2.47 bits per heavy atom. The second-order valence-corrected chi connectivity index (χ2v) is 6.65. The first kappa shape index (κ1) is 21.2. The van der Waals surface area contributed by atoms with E-state index < -0.39 is 40.8 Å². The maximum Gasteiger partial charge on any atom is 0.418 e. The van der Waals surface area contributed by atoms with E-state index in [1.807, 2.05) is 0 Å². The molecular formula is C18H13ClF3N5O3. The number of aromatic nitrogens is 2. The Morgan fingerprint density at radius 2 is 1.80 bits per heavy atom. The summed E-state index contributed by atoms with van der Waals surface area (Å²) in [5, 5.41) is 9.25. The van der Waals surface area contributed by atoms with E-state index in [9.17, 15) is 27.6 Å². The average molecular weight is 440 g/mol. The number of hydrogen-bond acceptors (Lipinski definition) is 5. The summed E-state index contributed by atoms with van der Waals surface area (Å²) in [5.74, 6) is -1.62. The van der Waals surface area contributed by atoms with Crippen LogP contribution in [-0.2, 0) is 15.8 Å². The van der Waals surface area contributed by atoms with Gasteiger partial charge in [0.25, 0.3) is 5.91 Å². The minimum atomic E-state index is -4.75. The number of benzene rings is 2. The van der Waals surface area contributed by atoms with Gasteiger partial charge in [-0.3, -0.25) is 9.59 Å². The number of imidazole rings is 1. The first-order valence-corrected chi connectivity index (χ1v) is 8.73. The van der Waals surface area contributed by atoms with Crippen LogP contribution in [0.25, 0.3) is 11.0 Å². The largest absolute Gasteiger partial charge is 0.418 e. The molecule has 3 N–H and O–H groups in total. The average Bonchev–Trinajstić information content (AvgIpc) is 3.01. The van der Waals surface area contributed by atoms with E-state index >= 15 is 0 Å². The zero-order valence-electron chi connectivity index (χ0n) is 15.2. The van der Waals surface area contributed by atoms with Crippen molar-refractivity contribution < 1.29 is 22.8 Å². The van der Waals surface area contributed by atoms with Crippen LogP contribution >= 0.6 is 11.6 Å². The number of halogens is 4. The standard InChI is InChI=1S/C18H13ClF3N5O3/c1-8(28)15(27-26-12-4-2-9(19)6-11(12)18(20,21)22)16(29)23-10-3-5-13-14(7-10)25-17(30)24-13/h2-7,15H,1H3,(H,23,29)(H2,24,25,30)/t15-/m0/s1. The smallest absolute Gasteiger partial charge is 0.324 e. The van der Waals surface area contributed by atoms with E-state index in [1.165, 1.54) is 24.3 Å². The molecule has 1 aromatic heterocycles. The number of azo groups is 1. The minimum absolute atomic E-state index is 0.152. The quantitative estimate of drug-likeness (QED) is 0.408. The number of nitrogens with one attached hydrogen (secondary N) is 3. The minimum Gasteiger partial charge on any atom is -0.324 e. The number of alkyl halides is 3. The number of rotatable bonds is 5. The van der Waals surface area contributed by atoms with Crippen LogP contribution in [0.3, 0.4) is 0 Å². The van der Waals surface area contributed by atoms with E-state index in [1.54, 1.807) is 0 Å². The van der Waals surface area contributed by atoms with Gasteiger partial charge in [-0.05, 0) is 43.3 Å². The number of H-pyrrole nitrogens is 2. The molecule has 0 aliphatic rings. The number of anilines is 1. The zero-order chi connectivity index (χ0) is 22.1. The van der Waals surface area contributed by atoms with Gasteiger partial charge in [0.1, 0.15) is 0 Å². The summed E-state index contributed by atoms with van der Waals surface area (Å²) in [6.45, 7) is 1.06. The molecule has 0 saturated carbocycles. The predicted octanol–water partition coefficient (Wildman–Crippen LogP) is 4.21. The fraction of sp³-hybridized carbons (Fsp3) is 0.167. The van der Waals surface area contributed by atoms with Gasteiger partial charge in [0, 0.05) is 10.7 Å². The Labute approximate surface area is 171 Å². The van der Waals surface area contributed by atoms with Crippen molar-refractivity contribution in [3.63, 3.8) is 0 Å². The van der Waals surface area contributed by atoms with E-state index in [4.69, 9.17) is 11.6 Å². The zero-order valence-corrected chi connectivity index (χ0v) is 15.9. The van der Waals surface area contributed by atoms with Crippen LogP contribution < -0.4 is 11.0 Å². The Kier molecular flexibility index (Phi) is 5.74. The lowest BCUT2D eigenvalue weighted by Crippen LogP contribution is -2.31. The van der Waals surface area contributed by atoms with Gasteiger partial charge in [-0.1, -0.05) is 11.6 Å². The highest BCUT2D eigenvalue weighted by molar-refractivity contribution is 6.30. The molecule has 0 radical (unpaired) electrons. The molecule has 0 bridgehead atoms. The van der Waals surface area contributed by atoms with Crippen molar-refractivity contribution in [2.75, 3.05) is 5.32 Å². The number of nitrogens with zero attached hydrogens (tertiary/aromatic N) is 2. The van der Waals surface area contributed by atoms with Crippen molar-refractivity contribution in [2.45, 2.75) is 19.1 Å². The molecule has 3 aromatic rings. The molecule has 30 heavy (non-hydrogen) atoms. The molecule has 156 valence electrons. The lowest BCUT2D eigenvalue weighted by molar-refractivity contribution is -0.137. The number of ketones is 1. The van der Waals surface area contributed by atoms with Crippen molar-refractivity contribution >= 4 is 45.7 Å². The second-order valence-electron chi connectivity index (χ2n) is 6.22. The first-order chi connectivity index (χ1) is 14.0. The molecular weight excluding hydrogens is 427 g/mol. The predicted molar refractivity (Wildman–Crippen MR) is 103 cm³/mol. The van der Waals surface area contributed by atoms with Gasteiger partial charge < -0.3 is 15.3 Å². The Bertz CT molecular complexity index is 1220. The summed E-state index contributed by atoms with van der Waals surface area (Å²) in [6, 6.07) is 5.60.